The summed E-state index contributed by atoms with van der Waals surface area (Å²) in [6.45, 7) is 6.43. The summed E-state index contributed by atoms with van der Waals surface area (Å²) in [6.07, 6.45) is 0.848. The van der Waals surface area contributed by atoms with Crippen LogP contribution in [0, 0.1) is 11.3 Å². The lowest BCUT2D eigenvalue weighted by Crippen LogP contribution is -2.49. The Hall–Kier alpha value is -1.94. The van der Waals surface area contributed by atoms with Crippen molar-refractivity contribution in [3.8, 4) is 6.07 Å². The number of amides is 1. The molecule has 0 aromatic heterocycles. The fourth-order valence-electron chi connectivity index (χ4n) is 2.75. The van der Waals surface area contributed by atoms with Gasteiger partial charge in [0.15, 0.2) is 0 Å². The van der Waals surface area contributed by atoms with Crippen molar-refractivity contribution in [3.63, 3.8) is 0 Å². The largest absolute Gasteiger partial charge is 0.385 e. The zero-order chi connectivity index (χ0) is 17.2. The third-order valence-corrected chi connectivity index (χ3v) is 4.17. The van der Waals surface area contributed by atoms with Crippen LogP contribution in [-0.4, -0.2) is 68.7 Å². The second kappa shape index (κ2) is 10.0. The molecule has 1 aliphatic heterocycles. The molecule has 1 aliphatic rings. The van der Waals surface area contributed by atoms with Crippen LogP contribution in [0.15, 0.2) is 24.3 Å². The van der Waals surface area contributed by atoms with E-state index in [9.17, 15) is 4.79 Å². The van der Waals surface area contributed by atoms with Crippen LogP contribution in [0.5, 0.6) is 0 Å². The summed E-state index contributed by atoms with van der Waals surface area (Å²) in [5, 5.41) is 11.8. The Labute approximate surface area is 144 Å². The Morgan fingerprint density at radius 1 is 1.21 bits per heavy atom. The first-order chi connectivity index (χ1) is 11.7. The molecule has 1 heterocycles. The topological polar surface area (TPSA) is 68.6 Å². The first-order valence-corrected chi connectivity index (χ1v) is 8.40. The molecule has 1 amide bonds. The fourth-order valence-corrected chi connectivity index (χ4v) is 2.75. The second-order valence-corrected chi connectivity index (χ2v) is 6.06. The molecule has 0 atom stereocenters. The molecule has 0 radical (unpaired) electrons. The number of nitrogens with zero attached hydrogens (tertiary/aromatic N) is 3. The quantitative estimate of drug-likeness (QED) is 0.715. The summed E-state index contributed by atoms with van der Waals surface area (Å²) in [4.78, 5) is 16.5. The molecular formula is C18H26N4O2. The van der Waals surface area contributed by atoms with Gasteiger partial charge in [-0.3, -0.25) is 14.6 Å². The molecule has 1 N–H and O–H groups in total. The van der Waals surface area contributed by atoms with Crippen molar-refractivity contribution in [3.05, 3.63) is 35.4 Å². The Kier molecular flexibility index (Phi) is 7.69. The summed E-state index contributed by atoms with van der Waals surface area (Å²) in [5.41, 5.74) is 1.92. The number of methoxy groups -OCH3 is 1. The van der Waals surface area contributed by atoms with Crippen molar-refractivity contribution in [2.45, 2.75) is 13.0 Å². The Morgan fingerprint density at radius 2 is 1.88 bits per heavy atom. The maximum Gasteiger partial charge on any atom is 0.234 e. The van der Waals surface area contributed by atoms with E-state index in [1.54, 1.807) is 7.11 Å². The van der Waals surface area contributed by atoms with Crippen LogP contribution in [0.3, 0.4) is 0 Å². The highest BCUT2D eigenvalue weighted by atomic mass is 16.5. The van der Waals surface area contributed by atoms with Gasteiger partial charge in [0.25, 0.3) is 0 Å². The van der Waals surface area contributed by atoms with Crippen LogP contribution in [0.4, 0.5) is 0 Å². The molecule has 0 unspecified atom stereocenters. The maximum absolute atomic E-state index is 11.9. The van der Waals surface area contributed by atoms with Crippen molar-refractivity contribution in [2.75, 3.05) is 53.0 Å². The van der Waals surface area contributed by atoms with Crippen LogP contribution in [0.1, 0.15) is 17.5 Å². The van der Waals surface area contributed by atoms with Gasteiger partial charge in [0.2, 0.25) is 5.91 Å². The van der Waals surface area contributed by atoms with E-state index in [2.05, 4.69) is 21.2 Å². The molecule has 1 aromatic carbocycles. The number of hydrogen-bond acceptors (Lipinski definition) is 5. The molecule has 1 saturated heterocycles. The molecule has 2 rings (SSSR count). The number of piperazine rings is 1. The minimum absolute atomic E-state index is 0.0895. The number of hydrogen-bond donors (Lipinski definition) is 1. The van der Waals surface area contributed by atoms with Crippen molar-refractivity contribution >= 4 is 5.91 Å². The highest BCUT2D eigenvalue weighted by Gasteiger charge is 2.18. The SMILES string of the molecule is COCCCNC(=O)CN1CCN(Cc2ccc(C#N)cc2)CC1. The van der Waals surface area contributed by atoms with Gasteiger partial charge in [-0.2, -0.15) is 5.26 Å². The first kappa shape index (κ1) is 18.4. The molecule has 0 saturated carbocycles. The summed E-state index contributed by atoms with van der Waals surface area (Å²) in [5.74, 6) is 0.0895. The van der Waals surface area contributed by atoms with Gasteiger partial charge in [-0.1, -0.05) is 12.1 Å². The highest BCUT2D eigenvalue weighted by Crippen LogP contribution is 2.09. The summed E-state index contributed by atoms with van der Waals surface area (Å²) in [7, 11) is 1.67. The molecule has 6 nitrogen and oxygen atoms in total. The van der Waals surface area contributed by atoms with Gasteiger partial charge < -0.3 is 10.1 Å². The number of carbonyl (C=O) groups is 1. The number of carbonyl (C=O) groups excluding carboxylic acids is 1. The number of rotatable bonds is 8. The first-order valence-electron chi connectivity index (χ1n) is 8.40. The van der Waals surface area contributed by atoms with E-state index >= 15 is 0 Å². The minimum atomic E-state index is 0.0895. The molecule has 6 heteroatoms. The molecule has 0 spiro atoms. The summed E-state index contributed by atoms with van der Waals surface area (Å²) < 4.78 is 4.96. The smallest absolute Gasteiger partial charge is 0.234 e. The van der Waals surface area contributed by atoms with Crippen molar-refractivity contribution < 1.29 is 9.53 Å². The van der Waals surface area contributed by atoms with Gasteiger partial charge in [0.05, 0.1) is 18.2 Å². The summed E-state index contributed by atoms with van der Waals surface area (Å²) in [6, 6.07) is 9.88. The van der Waals surface area contributed by atoms with Gasteiger partial charge in [0, 0.05) is 53.0 Å². The zero-order valence-corrected chi connectivity index (χ0v) is 14.3. The van der Waals surface area contributed by atoms with Gasteiger partial charge in [0.1, 0.15) is 0 Å². The van der Waals surface area contributed by atoms with E-state index in [-0.39, 0.29) is 5.91 Å². The minimum Gasteiger partial charge on any atom is -0.385 e. The number of nitrogens with one attached hydrogen (secondary N) is 1. The van der Waals surface area contributed by atoms with Gasteiger partial charge in [-0.15, -0.1) is 0 Å². The van der Waals surface area contributed by atoms with E-state index < -0.39 is 0 Å². The number of benzene rings is 1. The van der Waals surface area contributed by atoms with Crippen LogP contribution < -0.4 is 5.32 Å². The lowest BCUT2D eigenvalue weighted by Gasteiger charge is -2.34. The van der Waals surface area contributed by atoms with Gasteiger partial charge in [-0.25, -0.2) is 0 Å². The molecule has 0 bridgehead atoms. The fraction of sp³-hybridized carbons (Fsp3) is 0.556. The lowest BCUT2D eigenvalue weighted by atomic mass is 10.1. The second-order valence-electron chi connectivity index (χ2n) is 6.06. The van der Waals surface area contributed by atoms with E-state index in [1.165, 1.54) is 5.56 Å². The van der Waals surface area contributed by atoms with E-state index in [1.807, 2.05) is 24.3 Å². The van der Waals surface area contributed by atoms with Crippen molar-refractivity contribution in [1.82, 2.24) is 15.1 Å². The number of nitriles is 1. The Balaban J connectivity index is 1.65. The summed E-state index contributed by atoms with van der Waals surface area (Å²) >= 11 is 0. The molecule has 130 valence electrons. The zero-order valence-electron chi connectivity index (χ0n) is 14.3. The average molecular weight is 330 g/mol. The molecule has 1 aromatic rings. The molecule has 0 aliphatic carbocycles. The van der Waals surface area contributed by atoms with E-state index in [0.29, 0.717) is 25.3 Å². The molecule has 24 heavy (non-hydrogen) atoms. The van der Waals surface area contributed by atoms with Gasteiger partial charge in [-0.05, 0) is 24.1 Å². The molecular weight excluding hydrogens is 304 g/mol. The third kappa shape index (κ3) is 6.28. The van der Waals surface area contributed by atoms with Crippen molar-refractivity contribution in [1.29, 1.82) is 5.26 Å². The predicted octanol–water partition coefficient (Wildman–Crippen LogP) is 0.829. The normalized spacial score (nSPS) is 15.8. The highest BCUT2D eigenvalue weighted by molar-refractivity contribution is 5.77. The van der Waals surface area contributed by atoms with Crippen molar-refractivity contribution in [2.24, 2.45) is 0 Å². The standard InChI is InChI=1S/C18H26N4O2/c1-24-12-2-7-20-18(23)15-22-10-8-21(9-11-22)14-17-5-3-16(13-19)4-6-17/h3-6H,2,7-12,14-15H2,1H3,(H,20,23). The number of ether oxygens (including phenoxy) is 1. The average Bonchev–Trinajstić information content (AvgIpc) is 2.61. The molecule has 1 fully saturated rings. The van der Waals surface area contributed by atoms with Gasteiger partial charge >= 0.3 is 0 Å². The van der Waals surface area contributed by atoms with Crippen LogP contribution >= 0.6 is 0 Å². The van der Waals surface area contributed by atoms with Crippen LogP contribution in [-0.2, 0) is 16.1 Å². The predicted molar refractivity (Wildman–Crippen MR) is 92.4 cm³/mol. The lowest BCUT2D eigenvalue weighted by molar-refractivity contribution is -0.122. The Morgan fingerprint density at radius 3 is 2.50 bits per heavy atom. The van der Waals surface area contributed by atoms with E-state index in [4.69, 9.17) is 10.00 Å². The Bertz CT molecular complexity index is 545. The van der Waals surface area contributed by atoms with E-state index in [0.717, 1.165) is 39.1 Å². The monoisotopic (exact) mass is 330 g/mol. The van der Waals surface area contributed by atoms with Crippen LogP contribution in [0.25, 0.3) is 0 Å². The van der Waals surface area contributed by atoms with Crippen LogP contribution in [0.2, 0.25) is 0 Å². The maximum atomic E-state index is 11.9. The third-order valence-electron chi connectivity index (χ3n) is 4.17.